The van der Waals surface area contributed by atoms with Gasteiger partial charge >= 0.3 is 5.97 Å². The molecule has 1 aromatic carbocycles. The predicted octanol–water partition coefficient (Wildman–Crippen LogP) is 4.41. The van der Waals surface area contributed by atoms with Gasteiger partial charge in [0.25, 0.3) is 0 Å². The van der Waals surface area contributed by atoms with E-state index in [9.17, 15) is 4.79 Å². The highest BCUT2D eigenvalue weighted by molar-refractivity contribution is 5.88. The maximum absolute atomic E-state index is 11.5. The Hall–Kier alpha value is -2.43. The average Bonchev–Trinajstić information content (AvgIpc) is 2.58. The topological polar surface area (TPSA) is 42.0 Å². The van der Waals surface area contributed by atoms with E-state index in [0.717, 1.165) is 43.6 Å². The maximum Gasteiger partial charge on any atom is 0.330 e. The predicted molar refractivity (Wildman–Crippen MR) is 110 cm³/mol. The summed E-state index contributed by atoms with van der Waals surface area (Å²) in [5.74, 6) is 0.350. The fourth-order valence-corrected chi connectivity index (χ4v) is 3.09. The lowest BCUT2D eigenvalue weighted by molar-refractivity contribution is -0.134. The molecule has 1 heterocycles. The monoisotopic (exact) mass is 372 g/mol. The molecule has 1 aromatic rings. The Kier molecular flexibility index (Phi) is 7.34. The van der Waals surface area contributed by atoms with Gasteiger partial charge in [0.05, 0.1) is 13.8 Å². The van der Waals surface area contributed by atoms with Crippen LogP contribution in [-0.4, -0.2) is 43.3 Å². The molecule has 0 amide bonds. The largest absolute Gasteiger partial charge is 0.474 e. The van der Waals surface area contributed by atoms with Gasteiger partial charge in [-0.2, -0.15) is 0 Å². The van der Waals surface area contributed by atoms with Crippen LogP contribution in [0.1, 0.15) is 45.6 Å². The van der Waals surface area contributed by atoms with E-state index in [1.54, 1.807) is 0 Å². The summed E-state index contributed by atoms with van der Waals surface area (Å²) in [6.07, 6.45) is 6.70. The summed E-state index contributed by atoms with van der Waals surface area (Å²) >= 11 is 0. The number of nitrogens with zero attached hydrogens (tertiary/aromatic N) is 2. The van der Waals surface area contributed by atoms with Crippen molar-refractivity contribution in [3.05, 3.63) is 48.4 Å². The number of esters is 1. The minimum absolute atomic E-state index is 0.272. The van der Waals surface area contributed by atoms with Crippen LogP contribution < -0.4 is 4.90 Å². The van der Waals surface area contributed by atoms with Gasteiger partial charge in [0.15, 0.2) is 5.88 Å². The van der Waals surface area contributed by atoms with Crippen molar-refractivity contribution in [2.75, 3.05) is 31.8 Å². The lowest BCUT2D eigenvalue weighted by atomic mass is 10.1. The molecule has 0 radical (unpaired) electrons. The molecule has 0 aromatic heterocycles. The van der Waals surface area contributed by atoms with Crippen LogP contribution in [0.3, 0.4) is 0 Å². The van der Waals surface area contributed by atoms with E-state index in [2.05, 4.69) is 22.4 Å². The lowest BCUT2D eigenvalue weighted by Gasteiger charge is -2.38. The van der Waals surface area contributed by atoms with Crippen LogP contribution in [0.4, 0.5) is 5.69 Å². The number of para-hydroxylation sites is 1. The van der Waals surface area contributed by atoms with Crippen molar-refractivity contribution in [1.82, 2.24) is 4.90 Å². The van der Waals surface area contributed by atoms with Crippen LogP contribution in [0, 0.1) is 0 Å². The smallest absolute Gasteiger partial charge is 0.330 e. The van der Waals surface area contributed by atoms with Crippen molar-refractivity contribution in [2.24, 2.45) is 0 Å². The standard InChI is InChI=1S/C22H32N2O3/c1-18(27-22(2,3)4)23-15-9-6-10-16-24(17-23)20-12-8-7-11-19(20)13-14-21(25)26-5/h7-8,11-14H,1,6,9-10,15-17H2,2-5H3/b14-13+. The van der Waals surface area contributed by atoms with Crippen molar-refractivity contribution in [1.29, 1.82) is 0 Å². The van der Waals surface area contributed by atoms with Crippen molar-refractivity contribution in [3.8, 4) is 0 Å². The molecule has 27 heavy (non-hydrogen) atoms. The summed E-state index contributed by atoms with van der Waals surface area (Å²) in [4.78, 5) is 16.0. The number of rotatable bonds is 5. The van der Waals surface area contributed by atoms with Gasteiger partial charge in [-0.05, 0) is 64.3 Å². The summed E-state index contributed by atoms with van der Waals surface area (Å²) < 4.78 is 10.7. The number of hydrogen-bond donors (Lipinski definition) is 0. The fourth-order valence-electron chi connectivity index (χ4n) is 3.09. The highest BCUT2D eigenvalue weighted by Crippen LogP contribution is 2.26. The van der Waals surface area contributed by atoms with Gasteiger partial charge < -0.3 is 19.3 Å². The zero-order valence-corrected chi connectivity index (χ0v) is 17.0. The number of carbonyl (C=O) groups excluding carboxylic acids is 1. The van der Waals surface area contributed by atoms with Crippen LogP contribution in [-0.2, 0) is 14.3 Å². The Morgan fingerprint density at radius 2 is 1.85 bits per heavy atom. The second kappa shape index (κ2) is 9.49. The number of methoxy groups -OCH3 is 1. The highest BCUT2D eigenvalue weighted by atomic mass is 16.5. The molecule has 0 aliphatic carbocycles. The van der Waals surface area contributed by atoms with Gasteiger partial charge in [-0.25, -0.2) is 4.79 Å². The molecule has 0 unspecified atom stereocenters. The third-order valence-corrected chi connectivity index (χ3v) is 4.35. The number of hydrogen-bond acceptors (Lipinski definition) is 5. The van der Waals surface area contributed by atoms with Gasteiger partial charge in [0.2, 0.25) is 0 Å². The molecule has 1 fully saturated rings. The van der Waals surface area contributed by atoms with Crippen molar-refractivity contribution >= 4 is 17.7 Å². The van der Waals surface area contributed by atoms with E-state index >= 15 is 0 Å². The first kappa shape index (κ1) is 20.9. The first-order valence-electron chi connectivity index (χ1n) is 9.53. The zero-order valence-electron chi connectivity index (χ0n) is 17.0. The third kappa shape index (κ3) is 6.66. The quantitative estimate of drug-likeness (QED) is 0.435. The minimum atomic E-state index is -0.356. The molecule has 0 saturated carbocycles. The molecule has 5 nitrogen and oxygen atoms in total. The second-order valence-corrected chi connectivity index (χ2v) is 7.75. The molecule has 5 heteroatoms. The van der Waals surface area contributed by atoms with Crippen LogP contribution in [0.25, 0.3) is 6.08 Å². The number of anilines is 1. The molecular weight excluding hydrogens is 340 g/mol. The Bertz CT molecular complexity index is 676. The van der Waals surface area contributed by atoms with Gasteiger partial charge in [0, 0.05) is 24.9 Å². The molecule has 148 valence electrons. The molecule has 0 atom stereocenters. The zero-order chi connectivity index (χ0) is 19.9. The van der Waals surface area contributed by atoms with Gasteiger partial charge in [-0.1, -0.05) is 18.2 Å². The molecule has 0 N–H and O–H groups in total. The Labute approximate surface area is 163 Å². The van der Waals surface area contributed by atoms with Crippen LogP contribution in [0.5, 0.6) is 0 Å². The van der Waals surface area contributed by atoms with Crippen LogP contribution in [0.2, 0.25) is 0 Å². The van der Waals surface area contributed by atoms with Crippen LogP contribution >= 0.6 is 0 Å². The minimum Gasteiger partial charge on any atom is -0.474 e. The number of ether oxygens (including phenoxy) is 2. The van der Waals surface area contributed by atoms with Gasteiger partial charge in [-0.3, -0.25) is 0 Å². The van der Waals surface area contributed by atoms with Gasteiger partial charge in [-0.15, -0.1) is 0 Å². The first-order valence-corrected chi connectivity index (χ1v) is 9.53. The number of carbonyl (C=O) groups is 1. The van der Waals surface area contributed by atoms with E-state index in [1.807, 2.05) is 45.0 Å². The average molecular weight is 373 g/mol. The summed E-state index contributed by atoms with van der Waals surface area (Å²) in [5.41, 5.74) is 1.81. The van der Waals surface area contributed by atoms with Gasteiger partial charge in [0.1, 0.15) is 5.60 Å². The number of benzene rings is 1. The molecule has 1 saturated heterocycles. The Balaban J connectivity index is 2.23. The van der Waals surface area contributed by atoms with Crippen LogP contribution in [0.15, 0.2) is 42.8 Å². The molecule has 1 aliphatic heterocycles. The van der Waals surface area contributed by atoms with E-state index in [0.29, 0.717) is 12.6 Å². The van der Waals surface area contributed by atoms with E-state index in [4.69, 9.17) is 9.47 Å². The van der Waals surface area contributed by atoms with E-state index in [1.165, 1.54) is 13.2 Å². The molecular formula is C22H32N2O3. The molecule has 1 aliphatic rings. The summed E-state index contributed by atoms with van der Waals surface area (Å²) in [6, 6.07) is 8.10. The van der Waals surface area contributed by atoms with Crippen molar-refractivity contribution in [2.45, 2.75) is 45.6 Å². The summed E-state index contributed by atoms with van der Waals surface area (Å²) in [6.45, 7) is 12.8. The van der Waals surface area contributed by atoms with Crippen molar-refractivity contribution < 1.29 is 14.3 Å². The fraction of sp³-hybridized carbons (Fsp3) is 0.500. The second-order valence-electron chi connectivity index (χ2n) is 7.75. The molecule has 2 rings (SSSR count). The maximum atomic E-state index is 11.5. The SMILES string of the molecule is C=C(OC(C)(C)C)N1CCCCCN(c2ccccc2/C=C/C(=O)OC)C1. The molecule has 0 bridgehead atoms. The Morgan fingerprint density at radius 1 is 1.15 bits per heavy atom. The Morgan fingerprint density at radius 3 is 2.56 bits per heavy atom. The van der Waals surface area contributed by atoms with E-state index < -0.39 is 0 Å². The van der Waals surface area contributed by atoms with Crippen molar-refractivity contribution in [3.63, 3.8) is 0 Å². The molecule has 0 spiro atoms. The lowest BCUT2D eigenvalue weighted by Crippen LogP contribution is -2.42. The third-order valence-electron chi connectivity index (χ3n) is 4.35. The normalized spacial score (nSPS) is 16.0. The first-order chi connectivity index (χ1) is 12.8. The summed E-state index contributed by atoms with van der Waals surface area (Å²) in [5, 5.41) is 0. The highest BCUT2D eigenvalue weighted by Gasteiger charge is 2.21. The summed E-state index contributed by atoms with van der Waals surface area (Å²) in [7, 11) is 1.38. The van der Waals surface area contributed by atoms with E-state index in [-0.39, 0.29) is 11.6 Å².